The summed E-state index contributed by atoms with van der Waals surface area (Å²) in [7, 11) is 0. The number of alkyl halides is 3. The van der Waals surface area contributed by atoms with Gasteiger partial charge in [0.15, 0.2) is 22.1 Å². The number of aromatic nitrogens is 5. The van der Waals surface area contributed by atoms with Crippen molar-refractivity contribution in [1.82, 2.24) is 25.0 Å². The van der Waals surface area contributed by atoms with Gasteiger partial charge in [0.1, 0.15) is 11.9 Å². The van der Waals surface area contributed by atoms with Crippen LogP contribution in [0.5, 0.6) is 0 Å². The van der Waals surface area contributed by atoms with Gasteiger partial charge in [0.2, 0.25) is 0 Å². The van der Waals surface area contributed by atoms with Crippen LogP contribution in [0, 0.1) is 11.7 Å². The second-order valence-electron chi connectivity index (χ2n) is 9.15. The number of thioether (sulfide) groups is 1. The molecule has 194 valence electrons. The molecule has 0 bridgehead atoms. The molecule has 36 heavy (non-hydrogen) atoms. The van der Waals surface area contributed by atoms with Crippen molar-refractivity contribution in [2.45, 2.75) is 60.8 Å². The van der Waals surface area contributed by atoms with Gasteiger partial charge in [0.25, 0.3) is 0 Å². The van der Waals surface area contributed by atoms with E-state index in [2.05, 4.69) is 25.6 Å². The Labute approximate surface area is 206 Å². The normalized spacial score (nSPS) is 28.1. The van der Waals surface area contributed by atoms with E-state index in [1.54, 1.807) is 12.1 Å². The van der Waals surface area contributed by atoms with Gasteiger partial charge in [-0.05, 0) is 30.5 Å². The molecular formula is C22H24F4N6O3S. The minimum Gasteiger partial charge on any atom is -0.396 e. The van der Waals surface area contributed by atoms with E-state index < -0.39 is 36.8 Å². The number of hydrogen-bond acceptors (Lipinski definition) is 9. The van der Waals surface area contributed by atoms with Crippen LogP contribution in [0.15, 0.2) is 29.4 Å². The van der Waals surface area contributed by atoms with Crippen LogP contribution in [-0.4, -0.2) is 77.1 Å². The van der Waals surface area contributed by atoms with Gasteiger partial charge in [-0.2, -0.15) is 13.2 Å². The van der Waals surface area contributed by atoms with E-state index in [4.69, 9.17) is 0 Å². The summed E-state index contributed by atoms with van der Waals surface area (Å²) >= 11 is 0.839. The Morgan fingerprint density at radius 3 is 2.50 bits per heavy atom. The molecule has 2 saturated carbocycles. The molecule has 0 spiro atoms. The highest BCUT2D eigenvalue weighted by Crippen LogP contribution is 2.44. The Bertz CT molecular complexity index is 1230. The minimum atomic E-state index is -4.32. The molecule has 9 nitrogen and oxygen atoms in total. The molecule has 0 radical (unpaired) electrons. The van der Waals surface area contributed by atoms with Crippen LogP contribution in [0.1, 0.15) is 36.8 Å². The molecule has 2 aromatic heterocycles. The van der Waals surface area contributed by atoms with Crippen molar-refractivity contribution < 1.29 is 32.9 Å². The largest absolute Gasteiger partial charge is 0.396 e. The molecule has 5 rings (SSSR count). The van der Waals surface area contributed by atoms with Crippen LogP contribution >= 0.6 is 11.8 Å². The van der Waals surface area contributed by atoms with Crippen molar-refractivity contribution in [3.05, 3.63) is 35.6 Å². The fourth-order valence-corrected chi connectivity index (χ4v) is 5.41. The summed E-state index contributed by atoms with van der Waals surface area (Å²) in [6, 6.07) is 5.40. The average molecular weight is 529 g/mol. The molecule has 0 amide bonds. The maximum absolute atomic E-state index is 13.3. The number of aliphatic hydroxyl groups is 3. The lowest BCUT2D eigenvalue weighted by Crippen LogP contribution is -2.30. The molecule has 4 N–H and O–H groups in total. The fourth-order valence-electron chi connectivity index (χ4n) is 4.59. The highest BCUT2D eigenvalue weighted by molar-refractivity contribution is 7.99. The molecule has 3 aromatic rings. The summed E-state index contributed by atoms with van der Waals surface area (Å²) in [5, 5.41) is 41.9. The number of hydrogen-bond donors (Lipinski definition) is 4. The smallest absolute Gasteiger partial charge is 0.389 e. The summed E-state index contributed by atoms with van der Waals surface area (Å²) in [6.45, 7) is -0.325. The number of rotatable bonds is 8. The number of halogens is 4. The third-order valence-corrected chi connectivity index (χ3v) is 7.50. The maximum atomic E-state index is 13.3. The zero-order chi connectivity index (χ0) is 25.6. The lowest BCUT2D eigenvalue weighted by atomic mass is 10.1. The van der Waals surface area contributed by atoms with Crippen LogP contribution in [-0.2, 0) is 0 Å². The van der Waals surface area contributed by atoms with E-state index in [9.17, 15) is 32.9 Å². The molecule has 4 unspecified atom stereocenters. The quantitative estimate of drug-likeness (QED) is 0.198. The predicted octanol–water partition coefficient (Wildman–Crippen LogP) is 2.65. The average Bonchev–Trinajstić information content (AvgIpc) is 3.36. The third-order valence-electron chi connectivity index (χ3n) is 6.65. The van der Waals surface area contributed by atoms with Crippen molar-refractivity contribution in [2.75, 3.05) is 17.7 Å². The second-order valence-corrected chi connectivity index (χ2v) is 10.2. The maximum Gasteiger partial charge on any atom is 0.389 e. The summed E-state index contributed by atoms with van der Waals surface area (Å²) in [4.78, 5) is 8.76. The van der Waals surface area contributed by atoms with E-state index in [1.807, 2.05) is 0 Å². The van der Waals surface area contributed by atoms with Gasteiger partial charge in [0, 0.05) is 30.2 Å². The summed E-state index contributed by atoms with van der Waals surface area (Å²) in [5.74, 6) is -0.783. The van der Waals surface area contributed by atoms with E-state index in [-0.39, 0.29) is 52.9 Å². The molecule has 2 aliphatic rings. The zero-order valence-corrected chi connectivity index (χ0v) is 19.6. The second kappa shape index (κ2) is 9.72. The topological polar surface area (TPSA) is 129 Å². The lowest BCUT2D eigenvalue weighted by molar-refractivity contribution is -0.129. The summed E-state index contributed by atoms with van der Waals surface area (Å²) in [6.07, 6.45) is -6.77. The highest BCUT2D eigenvalue weighted by atomic mass is 32.2. The van der Waals surface area contributed by atoms with Crippen molar-refractivity contribution in [3.63, 3.8) is 0 Å². The number of anilines is 1. The minimum absolute atomic E-state index is 0.0515. The van der Waals surface area contributed by atoms with Gasteiger partial charge in [-0.3, -0.25) is 0 Å². The summed E-state index contributed by atoms with van der Waals surface area (Å²) < 4.78 is 52.7. The Morgan fingerprint density at radius 1 is 1.08 bits per heavy atom. The molecule has 1 aromatic carbocycles. The Hall–Kier alpha value is -2.55. The molecular weight excluding hydrogens is 504 g/mol. The number of nitrogens with one attached hydrogen (secondary N) is 1. The molecule has 2 aliphatic carbocycles. The first kappa shape index (κ1) is 25.1. The first-order valence-corrected chi connectivity index (χ1v) is 12.4. The van der Waals surface area contributed by atoms with Crippen molar-refractivity contribution in [1.29, 1.82) is 0 Å². The van der Waals surface area contributed by atoms with Crippen molar-refractivity contribution in [2.24, 2.45) is 5.92 Å². The van der Waals surface area contributed by atoms with E-state index in [1.165, 1.54) is 16.8 Å². The van der Waals surface area contributed by atoms with Crippen LogP contribution in [0.2, 0.25) is 0 Å². The van der Waals surface area contributed by atoms with E-state index in [0.29, 0.717) is 5.82 Å². The van der Waals surface area contributed by atoms with Gasteiger partial charge in [-0.15, -0.1) is 5.10 Å². The van der Waals surface area contributed by atoms with E-state index >= 15 is 0 Å². The van der Waals surface area contributed by atoms with Crippen LogP contribution in [0.4, 0.5) is 23.4 Å². The molecule has 6 atom stereocenters. The van der Waals surface area contributed by atoms with Crippen LogP contribution < -0.4 is 5.32 Å². The Balaban J connectivity index is 1.44. The molecule has 14 heteroatoms. The van der Waals surface area contributed by atoms with Crippen molar-refractivity contribution >= 4 is 28.7 Å². The predicted molar refractivity (Wildman–Crippen MR) is 122 cm³/mol. The van der Waals surface area contributed by atoms with Gasteiger partial charge >= 0.3 is 6.18 Å². The SMILES string of the molecule is OCC1CC(n2nnc3c(NC4CC4c4ccc(F)cc4)nc(SCCC(F)(F)F)nc32)[C@@H](O)[C@@H]1O. The first-order valence-electron chi connectivity index (χ1n) is 11.5. The standard InChI is InChI=1S/C22H24F4N6O3S/c23-12-3-1-10(2-4-12)13-8-14(13)27-19-16-20(29-21(28-19)36-6-5-22(24,25)26)32(31-30-16)15-7-11(9-33)17(34)18(15)35/h1-4,11,13-15,17-18,33-35H,5-9H2,(H,27,28,29)/t11?,13?,14?,15?,17-,18-/m1/s1. The zero-order valence-electron chi connectivity index (χ0n) is 18.8. The Morgan fingerprint density at radius 2 is 1.83 bits per heavy atom. The van der Waals surface area contributed by atoms with Crippen LogP contribution in [0.25, 0.3) is 11.2 Å². The molecule has 0 saturated heterocycles. The fraction of sp³-hybridized carbons (Fsp3) is 0.545. The number of nitrogens with zero attached hydrogens (tertiary/aromatic N) is 5. The van der Waals surface area contributed by atoms with Gasteiger partial charge in [-0.1, -0.05) is 29.1 Å². The van der Waals surface area contributed by atoms with Gasteiger partial charge in [-0.25, -0.2) is 19.0 Å². The third kappa shape index (κ3) is 5.12. The summed E-state index contributed by atoms with van der Waals surface area (Å²) in [5.41, 5.74) is 1.42. The first-order chi connectivity index (χ1) is 17.1. The highest BCUT2D eigenvalue weighted by Gasteiger charge is 2.44. The van der Waals surface area contributed by atoms with Crippen molar-refractivity contribution in [3.8, 4) is 0 Å². The molecule has 2 fully saturated rings. The van der Waals surface area contributed by atoms with Gasteiger partial charge < -0.3 is 20.6 Å². The van der Waals surface area contributed by atoms with Crippen LogP contribution in [0.3, 0.4) is 0 Å². The van der Waals surface area contributed by atoms with E-state index in [0.717, 1.165) is 23.7 Å². The Kier molecular flexibility index (Phi) is 6.78. The number of aliphatic hydroxyl groups excluding tert-OH is 3. The number of fused-ring (bicyclic) bond motifs is 1. The monoisotopic (exact) mass is 528 g/mol. The molecule has 0 aliphatic heterocycles. The number of benzene rings is 1. The molecule has 2 heterocycles. The van der Waals surface area contributed by atoms with Gasteiger partial charge in [0.05, 0.1) is 18.6 Å². The lowest BCUT2D eigenvalue weighted by Gasteiger charge is -2.17.